The van der Waals surface area contributed by atoms with E-state index in [0.29, 0.717) is 12.5 Å². The van der Waals surface area contributed by atoms with Crippen LogP contribution in [0.4, 0.5) is 5.13 Å². The minimum Gasteiger partial charge on any atom is -0.481 e. The summed E-state index contributed by atoms with van der Waals surface area (Å²) in [6.07, 6.45) is 5.86. The summed E-state index contributed by atoms with van der Waals surface area (Å²) in [5, 5.41) is 11.7. The number of carboxylic acid groups (broad SMARTS) is 1. The van der Waals surface area contributed by atoms with Crippen LogP contribution in [-0.4, -0.2) is 28.6 Å². The Bertz CT molecular complexity index is 399. The maximum atomic E-state index is 10.5. The summed E-state index contributed by atoms with van der Waals surface area (Å²) in [7, 11) is 0. The molecule has 0 unspecified atom stereocenters. The standard InChI is InChI=1S/C13H20N2O2S/c1-2-15(11-5-3-4-6-11)13-14-10(9-18-13)7-8-12(16)17/h9,11H,2-8H2,1H3,(H,16,17). The highest BCUT2D eigenvalue weighted by Crippen LogP contribution is 2.30. The molecule has 1 aromatic heterocycles. The van der Waals surface area contributed by atoms with E-state index in [0.717, 1.165) is 17.4 Å². The maximum absolute atomic E-state index is 10.5. The molecule has 4 nitrogen and oxygen atoms in total. The Morgan fingerprint density at radius 3 is 2.89 bits per heavy atom. The molecule has 0 amide bonds. The van der Waals surface area contributed by atoms with Crippen LogP contribution in [0.3, 0.4) is 0 Å². The molecule has 5 heteroatoms. The minimum atomic E-state index is -0.757. The van der Waals surface area contributed by atoms with Crippen LogP contribution in [0.2, 0.25) is 0 Å². The second kappa shape index (κ2) is 6.18. The Morgan fingerprint density at radius 2 is 2.28 bits per heavy atom. The molecule has 2 rings (SSSR count). The SMILES string of the molecule is CCN(c1nc(CCC(=O)O)cs1)C1CCCC1. The van der Waals surface area contributed by atoms with Crippen molar-refractivity contribution in [2.24, 2.45) is 0 Å². The number of aryl methyl sites for hydroxylation is 1. The number of hydrogen-bond donors (Lipinski definition) is 1. The van der Waals surface area contributed by atoms with Crippen molar-refractivity contribution in [3.63, 3.8) is 0 Å². The molecule has 100 valence electrons. The summed E-state index contributed by atoms with van der Waals surface area (Å²) >= 11 is 1.64. The molecule has 1 fully saturated rings. The summed E-state index contributed by atoms with van der Waals surface area (Å²) in [5.74, 6) is -0.757. The number of anilines is 1. The molecule has 1 saturated carbocycles. The van der Waals surface area contributed by atoms with Gasteiger partial charge in [0.25, 0.3) is 0 Å². The number of rotatable bonds is 6. The van der Waals surface area contributed by atoms with E-state index in [1.165, 1.54) is 25.7 Å². The first-order valence-corrected chi connectivity index (χ1v) is 7.51. The van der Waals surface area contributed by atoms with Crippen LogP contribution in [0.25, 0.3) is 0 Å². The van der Waals surface area contributed by atoms with Crippen LogP contribution >= 0.6 is 11.3 Å². The fourth-order valence-corrected chi connectivity index (χ4v) is 3.54. The van der Waals surface area contributed by atoms with E-state index in [-0.39, 0.29) is 6.42 Å². The Balaban J connectivity index is 2.00. The van der Waals surface area contributed by atoms with Crippen LogP contribution in [0.15, 0.2) is 5.38 Å². The smallest absolute Gasteiger partial charge is 0.303 e. The van der Waals surface area contributed by atoms with Gasteiger partial charge in [0, 0.05) is 24.4 Å². The molecule has 1 N–H and O–H groups in total. The molecule has 0 spiro atoms. The first-order chi connectivity index (χ1) is 8.70. The van der Waals surface area contributed by atoms with Gasteiger partial charge in [0.15, 0.2) is 5.13 Å². The van der Waals surface area contributed by atoms with Crippen molar-refractivity contribution in [1.29, 1.82) is 0 Å². The molecule has 1 heterocycles. The molecule has 1 aromatic rings. The highest BCUT2D eigenvalue weighted by atomic mass is 32.1. The van der Waals surface area contributed by atoms with E-state index in [2.05, 4.69) is 16.8 Å². The lowest BCUT2D eigenvalue weighted by atomic mass is 10.2. The quantitative estimate of drug-likeness (QED) is 0.862. The lowest BCUT2D eigenvalue weighted by molar-refractivity contribution is -0.136. The van der Waals surface area contributed by atoms with Crippen LogP contribution in [-0.2, 0) is 11.2 Å². The third-order valence-corrected chi connectivity index (χ3v) is 4.41. The zero-order chi connectivity index (χ0) is 13.0. The number of nitrogens with zero attached hydrogens (tertiary/aromatic N) is 2. The molecular formula is C13H20N2O2S. The van der Waals surface area contributed by atoms with Gasteiger partial charge in [-0.1, -0.05) is 12.8 Å². The van der Waals surface area contributed by atoms with Crippen molar-refractivity contribution in [2.45, 2.75) is 51.5 Å². The fraction of sp³-hybridized carbons (Fsp3) is 0.692. The summed E-state index contributed by atoms with van der Waals surface area (Å²) in [4.78, 5) is 17.5. The average Bonchev–Trinajstić information content (AvgIpc) is 2.99. The molecule has 0 saturated heterocycles. The van der Waals surface area contributed by atoms with Crippen LogP contribution in [0.5, 0.6) is 0 Å². The topological polar surface area (TPSA) is 53.4 Å². The summed E-state index contributed by atoms with van der Waals surface area (Å²) in [6, 6.07) is 0.633. The van der Waals surface area contributed by atoms with Crippen LogP contribution < -0.4 is 4.90 Å². The number of thiazole rings is 1. The molecule has 1 aliphatic carbocycles. The maximum Gasteiger partial charge on any atom is 0.303 e. The normalized spacial score (nSPS) is 16.1. The molecular weight excluding hydrogens is 248 g/mol. The molecule has 0 aromatic carbocycles. The number of hydrogen-bond acceptors (Lipinski definition) is 4. The van der Waals surface area contributed by atoms with Gasteiger partial charge in [0.1, 0.15) is 0 Å². The molecule has 0 aliphatic heterocycles. The summed E-state index contributed by atoms with van der Waals surface area (Å²) in [6.45, 7) is 3.15. The number of carboxylic acids is 1. The lowest BCUT2D eigenvalue weighted by Gasteiger charge is -2.26. The average molecular weight is 268 g/mol. The zero-order valence-corrected chi connectivity index (χ0v) is 11.6. The van der Waals surface area contributed by atoms with E-state index in [4.69, 9.17) is 5.11 Å². The number of aliphatic carboxylic acids is 1. The van der Waals surface area contributed by atoms with Crippen molar-refractivity contribution >= 4 is 22.4 Å². The van der Waals surface area contributed by atoms with Gasteiger partial charge < -0.3 is 10.0 Å². The van der Waals surface area contributed by atoms with Crippen molar-refractivity contribution in [3.8, 4) is 0 Å². The second-order valence-electron chi connectivity index (χ2n) is 4.74. The van der Waals surface area contributed by atoms with Gasteiger partial charge in [-0.25, -0.2) is 4.98 Å². The zero-order valence-electron chi connectivity index (χ0n) is 10.8. The Kier molecular flexibility index (Phi) is 4.58. The molecule has 0 bridgehead atoms. The molecule has 0 radical (unpaired) electrons. The van der Waals surface area contributed by atoms with Crippen molar-refractivity contribution in [3.05, 3.63) is 11.1 Å². The van der Waals surface area contributed by atoms with Crippen molar-refractivity contribution in [1.82, 2.24) is 4.98 Å². The van der Waals surface area contributed by atoms with Gasteiger partial charge in [-0.15, -0.1) is 11.3 Å². The number of carbonyl (C=O) groups is 1. The van der Waals surface area contributed by atoms with Crippen LogP contribution in [0.1, 0.15) is 44.7 Å². The Morgan fingerprint density at radius 1 is 1.56 bits per heavy atom. The van der Waals surface area contributed by atoms with E-state index < -0.39 is 5.97 Å². The lowest BCUT2D eigenvalue weighted by Crippen LogP contribution is -2.32. The van der Waals surface area contributed by atoms with Crippen LogP contribution in [0, 0.1) is 0 Å². The molecule has 18 heavy (non-hydrogen) atoms. The van der Waals surface area contributed by atoms with Gasteiger partial charge in [-0.3, -0.25) is 4.79 Å². The van der Waals surface area contributed by atoms with Gasteiger partial charge in [0.05, 0.1) is 12.1 Å². The predicted octanol–water partition coefficient (Wildman–Crippen LogP) is 2.93. The second-order valence-corrected chi connectivity index (χ2v) is 5.58. The first-order valence-electron chi connectivity index (χ1n) is 6.63. The highest BCUT2D eigenvalue weighted by Gasteiger charge is 2.23. The fourth-order valence-electron chi connectivity index (χ4n) is 2.54. The number of aromatic nitrogens is 1. The van der Waals surface area contributed by atoms with E-state index >= 15 is 0 Å². The van der Waals surface area contributed by atoms with Gasteiger partial charge in [-0.05, 0) is 19.8 Å². The third kappa shape index (κ3) is 3.22. The summed E-state index contributed by atoms with van der Waals surface area (Å²) in [5.41, 5.74) is 0.911. The van der Waals surface area contributed by atoms with Gasteiger partial charge in [-0.2, -0.15) is 0 Å². The van der Waals surface area contributed by atoms with Crippen molar-refractivity contribution in [2.75, 3.05) is 11.4 Å². The van der Waals surface area contributed by atoms with E-state index in [9.17, 15) is 4.79 Å². The minimum absolute atomic E-state index is 0.165. The Hall–Kier alpha value is -1.10. The largest absolute Gasteiger partial charge is 0.481 e. The molecule has 0 atom stereocenters. The summed E-state index contributed by atoms with van der Waals surface area (Å²) < 4.78 is 0. The Labute approximate surface area is 112 Å². The third-order valence-electron chi connectivity index (χ3n) is 3.49. The van der Waals surface area contributed by atoms with E-state index in [1.807, 2.05) is 5.38 Å². The first kappa shape index (κ1) is 13.3. The monoisotopic (exact) mass is 268 g/mol. The van der Waals surface area contributed by atoms with Gasteiger partial charge in [0.2, 0.25) is 0 Å². The van der Waals surface area contributed by atoms with Gasteiger partial charge >= 0.3 is 5.97 Å². The van der Waals surface area contributed by atoms with E-state index in [1.54, 1.807) is 11.3 Å². The van der Waals surface area contributed by atoms with Crippen molar-refractivity contribution < 1.29 is 9.90 Å². The highest BCUT2D eigenvalue weighted by molar-refractivity contribution is 7.13. The molecule has 1 aliphatic rings. The predicted molar refractivity (Wildman–Crippen MR) is 73.3 cm³/mol.